The van der Waals surface area contributed by atoms with Gasteiger partial charge in [-0.2, -0.15) is 0 Å². The summed E-state index contributed by atoms with van der Waals surface area (Å²) in [4.78, 5) is 0. The van der Waals surface area contributed by atoms with Gasteiger partial charge in [-0.25, -0.2) is 0 Å². The van der Waals surface area contributed by atoms with Crippen LogP contribution in [-0.4, -0.2) is 6.61 Å². The van der Waals surface area contributed by atoms with Gasteiger partial charge in [-0.3, -0.25) is 0 Å². The molecule has 2 aromatic rings. The van der Waals surface area contributed by atoms with Crippen molar-refractivity contribution in [2.45, 2.75) is 31.9 Å². The summed E-state index contributed by atoms with van der Waals surface area (Å²) in [5.74, 6) is 0.498. The van der Waals surface area contributed by atoms with Gasteiger partial charge in [0.05, 0.1) is 12.1 Å². The van der Waals surface area contributed by atoms with E-state index in [1.54, 1.807) is 0 Å². The Balaban J connectivity index is 1.79. The van der Waals surface area contributed by atoms with Crippen LogP contribution in [0.3, 0.4) is 0 Å². The molecule has 22 heavy (non-hydrogen) atoms. The number of aryl methyl sites for hydroxylation is 1. The first-order valence-electron chi connectivity index (χ1n) is 7.96. The van der Waals surface area contributed by atoms with Crippen molar-refractivity contribution in [1.82, 2.24) is 0 Å². The molecule has 2 aromatic carbocycles. The molecule has 4 rings (SSSR count). The minimum Gasteiger partial charge on any atom is -0.378 e. The summed E-state index contributed by atoms with van der Waals surface area (Å²) >= 11 is 3.59. The normalized spacial score (nSPS) is 26.7. The van der Waals surface area contributed by atoms with E-state index >= 15 is 0 Å². The van der Waals surface area contributed by atoms with Crippen LogP contribution in [0.15, 0.2) is 46.9 Å². The summed E-state index contributed by atoms with van der Waals surface area (Å²) in [6.45, 7) is 3.03. The quantitative estimate of drug-likeness (QED) is 0.738. The van der Waals surface area contributed by atoms with Gasteiger partial charge in [0.2, 0.25) is 0 Å². The number of ether oxygens (including phenoxy) is 1. The first kappa shape index (κ1) is 14.3. The Bertz CT molecular complexity index is 700. The highest BCUT2D eigenvalue weighted by Crippen LogP contribution is 2.49. The van der Waals surface area contributed by atoms with Crippen molar-refractivity contribution in [2.24, 2.45) is 5.92 Å². The topological polar surface area (TPSA) is 21.3 Å². The molecule has 2 aliphatic rings. The van der Waals surface area contributed by atoms with Crippen LogP contribution in [0, 0.1) is 12.8 Å². The highest BCUT2D eigenvalue weighted by atomic mass is 79.9. The van der Waals surface area contributed by atoms with Crippen molar-refractivity contribution in [3.05, 3.63) is 63.6 Å². The van der Waals surface area contributed by atoms with E-state index in [1.807, 2.05) is 0 Å². The molecule has 114 valence electrons. The lowest BCUT2D eigenvalue weighted by atomic mass is 9.77. The lowest BCUT2D eigenvalue weighted by molar-refractivity contribution is -0.0381. The molecular formula is C19H20BrNO. The molecule has 2 nitrogen and oxygen atoms in total. The second-order valence-electron chi connectivity index (χ2n) is 6.37. The van der Waals surface area contributed by atoms with E-state index in [4.69, 9.17) is 4.74 Å². The fourth-order valence-electron chi connectivity index (χ4n) is 3.84. The largest absolute Gasteiger partial charge is 0.378 e. The van der Waals surface area contributed by atoms with E-state index in [-0.39, 0.29) is 6.10 Å². The summed E-state index contributed by atoms with van der Waals surface area (Å²) in [7, 11) is 0. The van der Waals surface area contributed by atoms with E-state index in [2.05, 4.69) is 70.6 Å². The van der Waals surface area contributed by atoms with Crippen molar-refractivity contribution in [3.8, 4) is 0 Å². The van der Waals surface area contributed by atoms with Crippen molar-refractivity contribution in [3.63, 3.8) is 0 Å². The van der Waals surface area contributed by atoms with Crippen molar-refractivity contribution in [2.75, 3.05) is 11.9 Å². The molecule has 0 saturated carbocycles. The minimum absolute atomic E-state index is 0.202. The maximum Gasteiger partial charge on any atom is 0.0896 e. The van der Waals surface area contributed by atoms with Gasteiger partial charge in [-0.15, -0.1) is 0 Å². The summed E-state index contributed by atoms with van der Waals surface area (Å²) in [5.41, 5.74) is 5.18. The molecule has 2 aliphatic heterocycles. The number of rotatable bonds is 1. The van der Waals surface area contributed by atoms with Gasteiger partial charge in [-0.1, -0.05) is 45.8 Å². The average Bonchev–Trinajstić information content (AvgIpc) is 2.54. The van der Waals surface area contributed by atoms with Gasteiger partial charge in [0.1, 0.15) is 0 Å². The van der Waals surface area contributed by atoms with Crippen molar-refractivity contribution in [1.29, 1.82) is 0 Å². The molecule has 1 N–H and O–H groups in total. The van der Waals surface area contributed by atoms with Crippen LogP contribution in [0.2, 0.25) is 0 Å². The third kappa shape index (κ3) is 2.46. The number of benzene rings is 2. The fourth-order valence-corrected chi connectivity index (χ4v) is 4.21. The number of hydrogen-bond donors (Lipinski definition) is 1. The molecule has 3 heteroatoms. The number of anilines is 1. The molecule has 0 bridgehead atoms. The van der Waals surface area contributed by atoms with E-state index < -0.39 is 0 Å². The predicted molar refractivity (Wildman–Crippen MR) is 93.1 cm³/mol. The van der Waals surface area contributed by atoms with Gasteiger partial charge in [0, 0.05) is 28.2 Å². The average molecular weight is 358 g/mol. The van der Waals surface area contributed by atoms with Gasteiger partial charge >= 0.3 is 0 Å². The first-order valence-corrected chi connectivity index (χ1v) is 8.76. The molecule has 0 spiro atoms. The summed E-state index contributed by atoms with van der Waals surface area (Å²) < 4.78 is 7.30. The Hall–Kier alpha value is -1.32. The minimum atomic E-state index is 0.202. The predicted octanol–water partition coefficient (Wildman–Crippen LogP) is 5.39. The Morgan fingerprint density at radius 1 is 1.18 bits per heavy atom. The Morgan fingerprint density at radius 2 is 2.09 bits per heavy atom. The van der Waals surface area contributed by atoms with Crippen LogP contribution in [0.5, 0.6) is 0 Å². The molecule has 3 atom stereocenters. The molecule has 1 fully saturated rings. The lowest BCUT2D eigenvalue weighted by Gasteiger charge is -2.43. The standard InChI is InChI=1S/C19H20BrNO/c1-12-4-2-5-13(10-12)18-15-6-3-9-22-19(15)16-11-14(20)7-8-17(16)21-18/h2,4-5,7-8,10-11,15,18-19,21H,3,6,9H2,1H3/t15-,18?,19-/m0/s1. The zero-order chi connectivity index (χ0) is 15.1. The number of halogens is 1. The van der Waals surface area contributed by atoms with E-state index in [0.29, 0.717) is 12.0 Å². The van der Waals surface area contributed by atoms with Crippen LogP contribution in [0.25, 0.3) is 0 Å². The van der Waals surface area contributed by atoms with E-state index in [9.17, 15) is 0 Å². The van der Waals surface area contributed by atoms with Crippen LogP contribution in [0.1, 0.15) is 41.7 Å². The number of nitrogens with one attached hydrogen (secondary N) is 1. The maximum atomic E-state index is 6.18. The summed E-state index contributed by atoms with van der Waals surface area (Å²) in [6, 6.07) is 15.6. The monoisotopic (exact) mass is 357 g/mol. The zero-order valence-corrected chi connectivity index (χ0v) is 14.3. The second-order valence-corrected chi connectivity index (χ2v) is 7.28. The summed E-state index contributed by atoms with van der Waals surface area (Å²) in [5, 5.41) is 3.77. The molecule has 0 radical (unpaired) electrons. The van der Waals surface area contributed by atoms with Crippen molar-refractivity contribution < 1.29 is 4.74 Å². The Kier molecular flexibility index (Phi) is 3.71. The third-order valence-electron chi connectivity index (χ3n) is 4.83. The lowest BCUT2D eigenvalue weighted by Crippen LogP contribution is -2.36. The second kappa shape index (κ2) is 5.71. The molecule has 0 amide bonds. The number of fused-ring (bicyclic) bond motifs is 3. The van der Waals surface area contributed by atoms with E-state index in [0.717, 1.165) is 17.5 Å². The Morgan fingerprint density at radius 3 is 2.95 bits per heavy atom. The third-order valence-corrected chi connectivity index (χ3v) is 5.32. The highest BCUT2D eigenvalue weighted by Gasteiger charge is 2.39. The molecule has 1 saturated heterocycles. The van der Waals surface area contributed by atoms with Crippen LogP contribution in [0.4, 0.5) is 5.69 Å². The van der Waals surface area contributed by atoms with Crippen LogP contribution in [-0.2, 0) is 4.74 Å². The smallest absolute Gasteiger partial charge is 0.0896 e. The van der Waals surface area contributed by atoms with Gasteiger partial charge in [0.15, 0.2) is 0 Å². The molecule has 0 aromatic heterocycles. The molecule has 0 aliphatic carbocycles. The van der Waals surface area contributed by atoms with Crippen LogP contribution < -0.4 is 5.32 Å². The molecule has 1 unspecified atom stereocenters. The highest BCUT2D eigenvalue weighted by molar-refractivity contribution is 9.10. The van der Waals surface area contributed by atoms with E-state index in [1.165, 1.54) is 28.8 Å². The fraction of sp³-hybridized carbons (Fsp3) is 0.368. The SMILES string of the molecule is Cc1cccc(C2Nc3ccc(Br)cc3[C@H]3OCCC[C@@H]23)c1. The maximum absolute atomic E-state index is 6.18. The number of hydrogen-bond acceptors (Lipinski definition) is 2. The van der Waals surface area contributed by atoms with Crippen LogP contribution >= 0.6 is 15.9 Å². The van der Waals surface area contributed by atoms with Gasteiger partial charge in [0.25, 0.3) is 0 Å². The Labute approximate surface area is 140 Å². The van der Waals surface area contributed by atoms with Gasteiger partial charge < -0.3 is 10.1 Å². The molecular weight excluding hydrogens is 338 g/mol. The van der Waals surface area contributed by atoms with Crippen molar-refractivity contribution >= 4 is 21.6 Å². The molecule has 2 heterocycles. The van der Waals surface area contributed by atoms with Gasteiger partial charge in [-0.05, 0) is 43.5 Å². The first-order chi connectivity index (χ1) is 10.7. The summed E-state index contributed by atoms with van der Waals surface area (Å²) in [6.07, 6.45) is 2.56. The zero-order valence-electron chi connectivity index (χ0n) is 12.7.